The van der Waals surface area contributed by atoms with Crippen LogP contribution in [0.1, 0.15) is 11.1 Å². The number of benzene rings is 1. The molecule has 0 aromatic heterocycles. The third-order valence-electron chi connectivity index (χ3n) is 1.54. The van der Waals surface area contributed by atoms with Gasteiger partial charge in [-0.1, -0.05) is 35.0 Å². The predicted octanol–water partition coefficient (Wildman–Crippen LogP) is 3.08. The molecule has 0 heterocycles. The first kappa shape index (κ1) is 10.8. The summed E-state index contributed by atoms with van der Waals surface area (Å²) < 4.78 is 37.0. The molecule has 0 unspecified atom stereocenters. The van der Waals surface area contributed by atoms with Crippen molar-refractivity contribution in [2.45, 2.75) is 6.18 Å². The summed E-state index contributed by atoms with van der Waals surface area (Å²) in [5, 5.41) is 10.2. The lowest BCUT2D eigenvalue weighted by molar-refractivity contribution is -0.137. The van der Waals surface area contributed by atoms with Gasteiger partial charge in [0.05, 0.1) is 5.56 Å². The maximum atomic E-state index is 12.3. The summed E-state index contributed by atoms with van der Waals surface area (Å²) in [6, 6.07) is 4.60. The number of hydrogen-bond donors (Lipinski definition) is 1. The number of rotatable bonds is 1. The second kappa shape index (κ2) is 3.88. The summed E-state index contributed by atoms with van der Waals surface area (Å²) in [4.78, 5) is 0. The van der Waals surface area contributed by atoms with E-state index in [-0.39, 0.29) is 5.56 Å². The molecule has 2 nitrogen and oxygen atoms in total. The molecule has 0 amide bonds. The Balaban J connectivity index is 3.31. The minimum absolute atomic E-state index is 0.343. The van der Waals surface area contributed by atoms with Gasteiger partial charge >= 0.3 is 6.18 Å². The van der Waals surface area contributed by atoms with Crippen LogP contribution in [-0.4, -0.2) is 10.4 Å². The Morgan fingerprint density at radius 1 is 1.29 bits per heavy atom. The summed E-state index contributed by atoms with van der Waals surface area (Å²) in [6.07, 6.45) is -4.51. The first-order chi connectivity index (χ1) is 6.46. The highest BCUT2D eigenvalue weighted by atomic mass is 35.5. The molecule has 6 heteroatoms. The summed E-state index contributed by atoms with van der Waals surface area (Å²) >= 11 is 5.30. The zero-order chi connectivity index (χ0) is 10.8. The third-order valence-corrected chi connectivity index (χ3v) is 1.82. The number of halogens is 4. The number of oxime groups is 1. The summed E-state index contributed by atoms with van der Waals surface area (Å²) in [7, 11) is 0. The standard InChI is InChI=1S/C8H5ClF3NO/c9-7(13-14)5-3-1-2-4-6(5)8(10,11)12/h1-4,14H/b13-7-. The third kappa shape index (κ3) is 2.17. The highest BCUT2D eigenvalue weighted by molar-refractivity contribution is 6.69. The van der Waals surface area contributed by atoms with E-state index in [4.69, 9.17) is 16.8 Å². The van der Waals surface area contributed by atoms with Gasteiger partial charge in [0.1, 0.15) is 0 Å². The van der Waals surface area contributed by atoms with Crippen LogP contribution in [0.25, 0.3) is 0 Å². The molecule has 14 heavy (non-hydrogen) atoms. The van der Waals surface area contributed by atoms with Gasteiger partial charge in [0.15, 0.2) is 5.17 Å². The smallest absolute Gasteiger partial charge is 0.410 e. The van der Waals surface area contributed by atoms with Gasteiger partial charge in [-0.2, -0.15) is 13.2 Å². The molecule has 0 aliphatic carbocycles. The van der Waals surface area contributed by atoms with Crippen LogP contribution in [-0.2, 0) is 6.18 Å². The molecule has 1 aromatic rings. The summed E-state index contributed by atoms with van der Waals surface area (Å²) in [5.74, 6) is 0. The summed E-state index contributed by atoms with van der Waals surface area (Å²) in [5.41, 5.74) is -1.27. The van der Waals surface area contributed by atoms with Gasteiger partial charge in [-0.3, -0.25) is 0 Å². The van der Waals surface area contributed by atoms with Crippen molar-refractivity contribution in [1.82, 2.24) is 0 Å². The van der Waals surface area contributed by atoms with E-state index < -0.39 is 16.9 Å². The maximum Gasteiger partial charge on any atom is 0.417 e. The highest BCUT2D eigenvalue weighted by Gasteiger charge is 2.33. The van der Waals surface area contributed by atoms with Crippen LogP contribution >= 0.6 is 11.6 Å². The average molecular weight is 224 g/mol. The monoisotopic (exact) mass is 223 g/mol. The Morgan fingerprint density at radius 3 is 2.36 bits per heavy atom. The SMILES string of the molecule is O/N=C(\Cl)c1ccccc1C(F)(F)F. The maximum absolute atomic E-state index is 12.3. The lowest BCUT2D eigenvalue weighted by Gasteiger charge is -2.10. The quantitative estimate of drug-likeness (QED) is 0.443. The molecule has 0 spiro atoms. The van der Waals surface area contributed by atoms with Crippen molar-refractivity contribution < 1.29 is 18.4 Å². The number of alkyl halides is 3. The lowest BCUT2D eigenvalue weighted by Crippen LogP contribution is -2.10. The fraction of sp³-hybridized carbons (Fsp3) is 0.125. The van der Waals surface area contributed by atoms with Crippen molar-refractivity contribution in [2.24, 2.45) is 5.16 Å². The van der Waals surface area contributed by atoms with Crippen molar-refractivity contribution in [3.05, 3.63) is 35.4 Å². The van der Waals surface area contributed by atoms with E-state index in [1.807, 2.05) is 0 Å². The molecule has 1 N–H and O–H groups in total. The normalized spacial score (nSPS) is 13.0. The summed E-state index contributed by atoms with van der Waals surface area (Å²) in [6.45, 7) is 0. The van der Waals surface area contributed by atoms with E-state index in [0.717, 1.165) is 12.1 Å². The van der Waals surface area contributed by atoms with Crippen molar-refractivity contribution in [1.29, 1.82) is 0 Å². The largest absolute Gasteiger partial charge is 0.417 e. The van der Waals surface area contributed by atoms with Gasteiger partial charge in [-0.05, 0) is 6.07 Å². The van der Waals surface area contributed by atoms with E-state index >= 15 is 0 Å². The minimum atomic E-state index is -4.51. The molecule has 0 fully saturated rings. The van der Waals surface area contributed by atoms with E-state index in [0.29, 0.717) is 0 Å². The van der Waals surface area contributed by atoms with Crippen LogP contribution in [0.4, 0.5) is 13.2 Å². The zero-order valence-corrected chi connectivity index (χ0v) is 7.47. The van der Waals surface area contributed by atoms with Crippen LogP contribution < -0.4 is 0 Å². The Kier molecular flexibility index (Phi) is 3.00. The van der Waals surface area contributed by atoms with Gasteiger partial charge in [0.25, 0.3) is 0 Å². The number of hydrogen-bond acceptors (Lipinski definition) is 2. The fourth-order valence-corrected chi connectivity index (χ4v) is 1.13. The van der Waals surface area contributed by atoms with Crippen LogP contribution in [0.15, 0.2) is 29.4 Å². The van der Waals surface area contributed by atoms with Crippen molar-refractivity contribution >= 4 is 16.8 Å². The van der Waals surface area contributed by atoms with Crippen molar-refractivity contribution in [2.75, 3.05) is 0 Å². The Bertz CT molecular complexity index is 362. The van der Waals surface area contributed by atoms with E-state index in [9.17, 15) is 13.2 Å². The van der Waals surface area contributed by atoms with Gasteiger partial charge < -0.3 is 5.21 Å². The fourth-order valence-electron chi connectivity index (χ4n) is 0.964. The van der Waals surface area contributed by atoms with Gasteiger partial charge in [0.2, 0.25) is 0 Å². The number of nitrogens with zero attached hydrogens (tertiary/aromatic N) is 1. The van der Waals surface area contributed by atoms with Gasteiger partial charge in [0, 0.05) is 5.56 Å². The zero-order valence-electron chi connectivity index (χ0n) is 6.72. The molecule has 0 aliphatic heterocycles. The van der Waals surface area contributed by atoms with E-state index in [2.05, 4.69) is 5.16 Å². The van der Waals surface area contributed by atoms with Crippen molar-refractivity contribution in [3.63, 3.8) is 0 Å². The lowest BCUT2D eigenvalue weighted by atomic mass is 10.1. The first-order valence-corrected chi connectivity index (χ1v) is 3.88. The van der Waals surface area contributed by atoms with Crippen LogP contribution in [0.5, 0.6) is 0 Å². The molecule has 0 atom stereocenters. The molecule has 0 bridgehead atoms. The molecular weight excluding hydrogens is 219 g/mol. The van der Waals surface area contributed by atoms with Crippen LogP contribution in [0.2, 0.25) is 0 Å². The topological polar surface area (TPSA) is 32.6 Å². The second-order valence-corrected chi connectivity index (χ2v) is 2.79. The molecule has 0 radical (unpaired) electrons. The second-order valence-electron chi connectivity index (χ2n) is 2.43. The molecule has 0 saturated heterocycles. The molecule has 0 saturated carbocycles. The minimum Gasteiger partial charge on any atom is -0.410 e. The van der Waals surface area contributed by atoms with Crippen molar-refractivity contribution in [3.8, 4) is 0 Å². The Hall–Kier alpha value is -1.23. The molecule has 76 valence electrons. The van der Waals surface area contributed by atoms with Gasteiger partial charge in [-0.25, -0.2) is 0 Å². The molecule has 1 aromatic carbocycles. The highest BCUT2D eigenvalue weighted by Crippen LogP contribution is 2.32. The Labute approximate surface area is 82.6 Å². The average Bonchev–Trinajstić information content (AvgIpc) is 2.15. The van der Waals surface area contributed by atoms with Crippen LogP contribution in [0.3, 0.4) is 0 Å². The van der Waals surface area contributed by atoms with E-state index in [1.165, 1.54) is 12.1 Å². The van der Waals surface area contributed by atoms with Gasteiger partial charge in [-0.15, -0.1) is 0 Å². The molecule has 1 rings (SSSR count). The molecule has 0 aliphatic rings. The van der Waals surface area contributed by atoms with Crippen LogP contribution in [0, 0.1) is 0 Å². The van der Waals surface area contributed by atoms with E-state index in [1.54, 1.807) is 0 Å². The first-order valence-electron chi connectivity index (χ1n) is 3.51. The predicted molar refractivity (Wildman–Crippen MR) is 45.6 cm³/mol. The Morgan fingerprint density at radius 2 is 1.86 bits per heavy atom. The molecular formula is C8H5ClF3NO.